The van der Waals surface area contributed by atoms with Gasteiger partial charge < -0.3 is 9.84 Å². The van der Waals surface area contributed by atoms with Crippen LogP contribution in [0.3, 0.4) is 0 Å². The number of rotatable bonds is 7. The zero-order valence-electron chi connectivity index (χ0n) is 16.8. The predicted molar refractivity (Wildman–Crippen MR) is 114 cm³/mol. The number of thiophene rings is 1. The first-order valence-corrected chi connectivity index (χ1v) is 11.9. The Hall–Kier alpha value is -2.56. The molecule has 0 aliphatic heterocycles. The molecular weight excluding hydrogens is 424 g/mol. The molecule has 2 heterocycles. The average molecular weight is 447 g/mol. The van der Waals surface area contributed by atoms with E-state index < -0.39 is 22.0 Å². The number of aryl methyl sites for hydroxylation is 2. The molecule has 1 aliphatic rings. The predicted octanol–water partition coefficient (Wildman–Crippen LogP) is 3.60. The number of hydrogen-bond donors (Lipinski definition) is 2. The molecular formula is C20H22N4O4S2. The van der Waals surface area contributed by atoms with Gasteiger partial charge in [0.05, 0.1) is 21.5 Å². The first-order valence-electron chi connectivity index (χ1n) is 9.57. The van der Waals surface area contributed by atoms with Crippen molar-refractivity contribution in [3.8, 4) is 10.7 Å². The molecule has 1 aromatic carbocycles. The molecule has 3 aromatic rings. The van der Waals surface area contributed by atoms with Gasteiger partial charge in [0.2, 0.25) is 27.6 Å². The van der Waals surface area contributed by atoms with Gasteiger partial charge in [0.1, 0.15) is 0 Å². The van der Waals surface area contributed by atoms with Crippen molar-refractivity contribution >= 4 is 33.0 Å². The van der Waals surface area contributed by atoms with Crippen molar-refractivity contribution in [1.29, 1.82) is 0 Å². The monoisotopic (exact) mass is 446 g/mol. The molecule has 0 bridgehead atoms. The van der Waals surface area contributed by atoms with Crippen molar-refractivity contribution in [3.05, 3.63) is 46.7 Å². The lowest BCUT2D eigenvalue weighted by atomic mass is 10.2. The minimum absolute atomic E-state index is 0.116. The zero-order chi connectivity index (χ0) is 21.5. The summed E-state index contributed by atoms with van der Waals surface area (Å²) in [4.78, 5) is 18.8. The van der Waals surface area contributed by atoms with Gasteiger partial charge in [0, 0.05) is 10.8 Å². The highest BCUT2D eigenvalue weighted by Crippen LogP contribution is 2.40. The van der Waals surface area contributed by atoms with E-state index in [1.165, 1.54) is 30.4 Å². The summed E-state index contributed by atoms with van der Waals surface area (Å²) in [5, 5.41) is 6.81. The Morgan fingerprint density at radius 1 is 1.23 bits per heavy atom. The summed E-state index contributed by atoms with van der Waals surface area (Å²) in [5.41, 5.74) is 1.55. The van der Waals surface area contributed by atoms with Crippen LogP contribution in [0.25, 0.3) is 10.7 Å². The molecule has 0 unspecified atom stereocenters. The van der Waals surface area contributed by atoms with Crippen LogP contribution in [-0.2, 0) is 14.8 Å². The highest BCUT2D eigenvalue weighted by atomic mass is 32.2. The molecule has 0 radical (unpaired) electrons. The first kappa shape index (κ1) is 20.7. The highest BCUT2D eigenvalue weighted by Gasteiger charge is 2.30. The molecule has 1 aliphatic carbocycles. The minimum atomic E-state index is -3.80. The summed E-state index contributed by atoms with van der Waals surface area (Å²) in [6, 6.07) is 7.27. The van der Waals surface area contributed by atoms with E-state index in [0.717, 1.165) is 28.2 Å². The number of nitrogens with one attached hydrogen (secondary N) is 2. The van der Waals surface area contributed by atoms with E-state index in [-0.39, 0.29) is 4.90 Å². The van der Waals surface area contributed by atoms with Crippen LogP contribution in [0.2, 0.25) is 0 Å². The van der Waals surface area contributed by atoms with Crippen LogP contribution in [0.5, 0.6) is 0 Å². The van der Waals surface area contributed by atoms with Gasteiger partial charge >= 0.3 is 0 Å². The number of sulfonamides is 1. The van der Waals surface area contributed by atoms with Crippen molar-refractivity contribution in [2.45, 2.75) is 50.5 Å². The van der Waals surface area contributed by atoms with Crippen LogP contribution in [0, 0.1) is 13.8 Å². The van der Waals surface area contributed by atoms with Gasteiger partial charge in [-0.05, 0) is 51.8 Å². The summed E-state index contributed by atoms with van der Waals surface area (Å²) < 4.78 is 32.7. The fourth-order valence-electron chi connectivity index (χ4n) is 2.86. The second kappa shape index (κ2) is 7.93. The maximum absolute atomic E-state index is 12.6. The quantitative estimate of drug-likeness (QED) is 0.573. The number of carbonyl (C=O) groups excluding carboxylic acids is 1. The van der Waals surface area contributed by atoms with Crippen LogP contribution in [-0.4, -0.2) is 30.5 Å². The number of carbonyl (C=O) groups is 1. The topological polar surface area (TPSA) is 114 Å². The molecule has 2 N–H and O–H groups in total. The molecule has 8 nitrogen and oxygen atoms in total. The third-order valence-corrected chi connectivity index (χ3v) is 7.42. The Morgan fingerprint density at radius 2 is 1.93 bits per heavy atom. The molecule has 4 rings (SSSR count). The average Bonchev–Trinajstić information content (AvgIpc) is 3.31. The summed E-state index contributed by atoms with van der Waals surface area (Å²) in [6.45, 7) is 5.25. The number of anilines is 1. The van der Waals surface area contributed by atoms with E-state index in [4.69, 9.17) is 4.52 Å². The third-order valence-electron chi connectivity index (χ3n) is 4.82. The smallest absolute Gasteiger partial charge is 0.242 e. The van der Waals surface area contributed by atoms with Crippen LogP contribution in [0.1, 0.15) is 42.0 Å². The van der Waals surface area contributed by atoms with Crippen molar-refractivity contribution in [2.75, 3.05) is 5.32 Å². The Labute approximate surface area is 178 Å². The van der Waals surface area contributed by atoms with Crippen molar-refractivity contribution in [2.24, 2.45) is 0 Å². The lowest BCUT2D eigenvalue weighted by Crippen LogP contribution is -2.41. The number of benzene rings is 1. The minimum Gasteiger partial charge on any atom is -0.339 e. The molecule has 1 amide bonds. The largest absolute Gasteiger partial charge is 0.339 e. The summed E-state index contributed by atoms with van der Waals surface area (Å²) in [7, 11) is -3.80. The molecule has 2 aromatic heterocycles. The van der Waals surface area contributed by atoms with Crippen LogP contribution >= 0.6 is 11.3 Å². The standard InChI is InChI=1S/C20H22N4O4S2/c1-11-4-8-15(9-5-11)30(26,27)24-12(2)19(25)21-16-10-17(29-13(16)3)18-22-20(28-23-18)14-6-7-14/h4-5,8-10,12,14,24H,6-7H2,1-3H3,(H,21,25)/t12-/m1/s1. The molecule has 1 atom stereocenters. The Kier molecular flexibility index (Phi) is 5.48. The van der Waals surface area contributed by atoms with E-state index in [2.05, 4.69) is 20.2 Å². The molecule has 0 saturated heterocycles. The summed E-state index contributed by atoms with van der Waals surface area (Å²) >= 11 is 1.44. The van der Waals surface area contributed by atoms with Gasteiger partial charge in [-0.15, -0.1) is 11.3 Å². The van der Waals surface area contributed by atoms with Gasteiger partial charge in [-0.2, -0.15) is 9.71 Å². The van der Waals surface area contributed by atoms with Crippen LogP contribution < -0.4 is 10.0 Å². The number of aromatic nitrogens is 2. The molecule has 10 heteroatoms. The van der Waals surface area contributed by atoms with Gasteiger partial charge in [-0.25, -0.2) is 8.42 Å². The maximum atomic E-state index is 12.6. The lowest BCUT2D eigenvalue weighted by Gasteiger charge is -2.14. The second-order valence-corrected chi connectivity index (χ2v) is 10.4. The van der Waals surface area contributed by atoms with E-state index in [1.54, 1.807) is 18.2 Å². The van der Waals surface area contributed by atoms with Gasteiger partial charge in [-0.1, -0.05) is 22.9 Å². The zero-order valence-corrected chi connectivity index (χ0v) is 18.4. The molecule has 1 saturated carbocycles. The second-order valence-electron chi connectivity index (χ2n) is 7.46. The van der Waals surface area contributed by atoms with Crippen molar-refractivity contribution in [1.82, 2.24) is 14.9 Å². The van der Waals surface area contributed by atoms with E-state index in [1.807, 2.05) is 13.8 Å². The molecule has 1 fully saturated rings. The SMILES string of the molecule is Cc1ccc(S(=O)(=O)N[C@H](C)C(=O)Nc2cc(-c3noc(C4CC4)n3)sc2C)cc1. The Morgan fingerprint density at radius 3 is 2.60 bits per heavy atom. The van der Waals surface area contributed by atoms with E-state index >= 15 is 0 Å². The highest BCUT2D eigenvalue weighted by molar-refractivity contribution is 7.89. The fraction of sp³-hybridized carbons (Fsp3) is 0.350. The van der Waals surface area contributed by atoms with Crippen molar-refractivity contribution < 1.29 is 17.7 Å². The lowest BCUT2D eigenvalue weighted by molar-refractivity contribution is -0.117. The number of amides is 1. The first-order chi connectivity index (χ1) is 14.2. The van der Waals surface area contributed by atoms with Crippen LogP contribution in [0.4, 0.5) is 5.69 Å². The summed E-state index contributed by atoms with van der Waals surface area (Å²) in [6.07, 6.45) is 2.14. The molecule has 0 spiro atoms. The normalized spacial score (nSPS) is 15.2. The van der Waals surface area contributed by atoms with Crippen LogP contribution in [0.15, 0.2) is 39.8 Å². The Balaban J connectivity index is 1.44. The number of nitrogens with zero attached hydrogens (tertiary/aromatic N) is 2. The van der Waals surface area contributed by atoms with Gasteiger partial charge in [-0.3, -0.25) is 4.79 Å². The number of hydrogen-bond acceptors (Lipinski definition) is 7. The van der Waals surface area contributed by atoms with E-state index in [9.17, 15) is 13.2 Å². The molecule has 158 valence electrons. The third kappa shape index (κ3) is 4.45. The van der Waals surface area contributed by atoms with Gasteiger partial charge in [0.25, 0.3) is 0 Å². The van der Waals surface area contributed by atoms with E-state index in [0.29, 0.717) is 23.3 Å². The van der Waals surface area contributed by atoms with Crippen molar-refractivity contribution in [3.63, 3.8) is 0 Å². The Bertz CT molecular complexity index is 1180. The fourth-order valence-corrected chi connectivity index (χ4v) is 4.96. The maximum Gasteiger partial charge on any atom is 0.242 e. The van der Waals surface area contributed by atoms with Gasteiger partial charge in [0.15, 0.2) is 0 Å². The summed E-state index contributed by atoms with van der Waals surface area (Å²) in [5.74, 6) is 1.07. The molecule has 30 heavy (non-hydrogen) atoms.